The summed E-state index contributed by atoms with van der Waals surface area (Å²) < 4.78 is 24.6. The molecular weight excluding hydrogens is 415 g/mol. The molecule has 2 N–H and O–H groups in total. The number of hydrogen-bond acceptors (Lipinski definition) is 5. The number of pyridine rings is 1. The van der Waals surface area contributed by atoms with Gasteiger partial charge < -0.3 is 20.1 Å². The quantitative estimate of drug-likeness (QED) is 0.736. The topological polar surface area (TPSA) is 92.8 Å². The normalized spacial score (nSPS) is 19.2. The predicted molar refractivity (Wildman–Crippen MR) is 117 cm³/mol. The molecule has 3 amide bonds. The summed E-state index contributed by atoms with van der Waals surface area (Å²) >= 11 is 0. The van der Waals surface area contributed by atoms with E-state index >= 15 is 0 Å². The number of nitrogens with zero attached hydrogens (tertiary/aromatic N) is 2. The smallest absolute Gasteiger partial charge is 0.324 e. The zero-order chi connectivity index (χ0) is 22.9. The van der Waals surface area contributed by atoms with Crippen LogP contribution in [0.4, 0.5) is 20.7 Å². The van der Waals surface area contributed by atoms with Gasteiger partial charge in [-0.2, -0.15) is 4.39 Å². The Labute approximate surface area is 186 Å². The minimum absolute atomic E-state index is 0.0624. The Bertz CT molecular complexity index is 1000. The number of aromatic nitrogens is 1. The van der Waals surface area contributed by atoms with E-state index in [1.807, 2.05) is 19.1 Å². The second kappa shape index (κ2) is 8.74. The van der Waals surface area contributed by atoms with Gasteiger partial charge in [0.1, 0.15) is 12.3 Å². The van der Waals surface area contributed by atoms with E-state index in [1.165, 1.54) is 18.7 Å². The molecule has 32 heavy (non-hydrogen) atoms. The summed E-state index contributed by atoms with van der Waals surface area (Å²) in [6, 6.07) is 7.99. The van der Waals surface area contributed by atoms with Crippen LogP contribution in [0.25, 0.3) is 0 Å². The lowest BCUT2D eigenvalue weighted by molar-refractivity contribution is -0.115. The number of benzene rings is 1. The third-order valence-corrected chi connectivity index (χ3v) is 5.40. The predicted octanol–water partition coefficient (Wildman–Crippen LogP) is 3.72. The molecule has 2 aliphatic heterocycles. The van der Waals surface area contributed by atoms with Crippen LogP contribution < -0.4 is 20.3 Å². The van der Waals surface area contributed by atoms with Crippen molar-refractivity contribution in [2.24, 2.45) is 5.92 Å². The van der Waals surface area contributed by atoms with Gasteiger partial charge in [-0.05, 0) is 42.7 Å². The summed E-state index contributed by atoms with van der Waals surface area (Å²) in [7, 11) is 0. The van der Waals surface area contributed by atoms with E-state index < -0.39 is 11.9 Å². The van der Waals surface area contributed by atoms with Crippen LogP contribution in [-0.4, -0.2) is 42.5 Å². The highest BCUT2D eigenvalue weighted by atomic mass is 19.2. The van der Waals surface area contributed by atoms with Crippen molar-refractivity contribution in [1.82, 2.24) is 10.3 Å². The Hall–Kier alpha value is -3.20. The Kier molecular flexibility index (Phi) is 6.01. The van der Waals surface area contributed by atoms with E-state index in [0.29, 0.717) is 30.5 Å². The molecule has 8 nitrogen and oxygen atoms in total. The fourth-order valence-electron chi connectivity index (χ4n) is 3.97. The largest absolute Gasteiger partial charge is 0.459 e. The van der Waals surface area contributed by atoms with Crippen molar-refractivity contribution in [2.75, 3.05) is 30.0 Å². The molecule has 4 rings (SSSR count). The van der Waals surface area contributed by atoms with E-state index in [-0.39, 0.29) is 24.4 Å². The van der Waals surface area contributed by atoms with Gasteiger partial charge in [-0.3, -0.25) is 9.69 Å². The van der Waals surface area contributed by atoms with Crippen molar-refractivity contribution < 1.29 is 23.5 Å². The van der Waals surface area contributed by atoms with Gasteiger partial charge in [-0.15, -0.1) is 0 Å². The molecule has 9 heteroatoms. The van der Waals surface area contributed by atoms with Crippen molar-refractivity contribution in [1.29, 1.82) is 0 Å². The fourth-order valence-corrected chi connectivity index (χ4v) is 3.97. The lowest BCUT2D eigenvalue weighted by Gasteiger charge is -2.31. The van der Waals surface area contributed by atoms with E-state index in [4.69, 9.17) is 9.47 Å². The first kappa shape index (κ1) is 22.0. The van der Waals surface area contributed by atoms with Crippen LogP contribution in [-0.2, 0) is 9.53 Å². The molecule has 0 bridgehead atoms. The van der Waals surface area contributed by atoms with Crippen LogP contribution in [0.15, 0.2) is 36.5 Å². The molecule has 0 spiro atoms. The van der Waals surface area contributed by atoms with Crippen LogP contribution in [0.5, 0.6) is 5.75 Å². The number of urea groups is 1. The summed E-state index contributed by atoms with van der Waals surface area (Å²) in [6.07, 6.45) is 2.44. The maximum atomic E-state index is 13.8. The number of carbonyl (C=O) groups is 2. The van der Waals surface area contributed by atoms with E-state index in [9.17, 15) is 14.0 Å². The molecule has 1 aromatic heterocycles. The van der Waals surface area contributed by atoms with Gasteiger partial charge in [0, 0.05) is 32.6 Å². The third kappa shape index (κ3) is 4.99. The van der Waals surface area contributed by atoms with Crippen molar-refractivity contribution in [3.8, 4) is 5.75 Å². The first-order chi connectivity index (χ1) is 15.2. The van der Waals surface area contributed by atoms with Crippen molar-refractivity contribution >= 4 is 23.4 Å². The molecule has 2 aliphatic rings. The molecule has 2 aromatic rings. The average molecular weight is 442 g/mol. The van der Waals surface area contributed by atoms with Crippen molar-refractivity contribution in [2.45, 2.75) is 39.1 Å². The number of ether oxygens (including phenoxy) is 2. The highest BCUT2D eigenvalue weighted by Gasteiger charge is 2.33. The number of nitrogens with one attached hydrogen (secondary N) is 2. The third-order valence-electron chi connectivity index (χ3n) is 5.40. The fraction of sp³-hybridized carbons (Fsp3) is 0.435. The lowest BCUT2D eigenvalue weighted by Crippen LogP contribution is -2.49. The summed E-state index contributed by atoms with van der Waals surface area (Å²) in [6.45, 7) is 5.54. The van der Waals surface area contributed by atoms with Crippen LogP contribution in [0.3, 0.4) is 0 Å². The van der Waals surface area contributed by atoms with Gasteiger partial charge in [-0.25, -0.2) is 9.78 Å². The van der Waals surface area contributed by atoms with Crippen LogP contribution in [0.1, 0.15) is 37.4 Å². The number of hydrogen-bond donors (Lipinski definition) is 2. The number of fused-ring (bicyclic) bond motifs is 1. The Morgan fingerprint density at radius 1 is 1.38 bits per heavy atom. The van der Waals surface area contributed by atoms with Crippen LogP contribution >= 0.6 is 0 Å². The maximum absolute atomic E-state index is 13.8. The SMILES string of the molecule is Cc1cnc2c(c1)NC(=O)CN2C(=O)NC(c1ccc(OC(C)(C)F)cc1)C1CCOC1. The van der Waals surface area contributed by atoms with E-state index in [2.05, 4.69) is 15.6 Å². The Morgan fingerprint density at radius 3 is 2.78 bits per heavy atom. The molecule has 2 unspecified atom stereocenters. The number of carbonyl (C=O) groups excluding carboxylic acids is 2. The zero-order valence-electron chi connectivity index (χ0n) is 18.4. The van der Waals surface area contributed by atoms with Gasteiger partial charge in [-0.1, -0.05) is 12.1 Å². The summed E-state index contributed by atoms with van der Waals surface area (Å²) in [5.74, 6) is -1.20. The average Bonchev–Trinajstić information content (AvgIpc) is 3.25. The van der Waals surface area contributed by atoms with Crippen LogP contribution in [0.2, 0.25) is 0 Å². The highest BCUT2D eigenvalue weighted by Crippen LogP contribution is 2.32. The number of amides is 3. The molecular formula is C23H27FN4O4. The van der Waals surface area contributed by atoms with E-state index in [0.717, 1.165) is 17.5 Å². The molecule has 1 aromatic carbocycles. The number of rotatable bonds is 5. The van der Waals surface area contributed by atoms with Gasteiger partial charge >= 0.3 is 6.03 Å². The first-order valence-corrected chi connectivity index (χ1v) is 10.6. The van der Waals surface area contributed by atoms with Gasteiger partial charge in [0.05, 0.1) is 18.3 Å². The number of halogens is 1. The second-order valence-electron chi connectivity index (χ2n) is 8.60. The molecule has 1 fully saturated rings. The minimum atomic E-state index is -1.79. The van der Waals surface area contributed by atoms with Gasteiger partial charge in [0.2, 0.25) is 11.8 Å². The number of anilines is 2. The monoisotopic (exact) mass is 442 g/mol. The number of aryl methyl sites for hydroxylation is 1. The molecule has 0 radical (unpaired) electrons. The number of alkyl halides is 1. The molecule has 3 heterocycles. The second-order valence-corrected chi connectivity index (χ2v) is 8.60. The Balaban J connectivity index is 1.57. The van der Waals surface area contributed by atoms with E-state index in [1.54, 1.807) is 24.4 Å². The summed E-state index contributed by atoms with van der Waals surface area (Å²) in [5.41, 5.74) is 2.23. The van der Waals surface area contributed by atoms with Crippen molar-refractivity contribution in [3.05, 3.63) is 47.7 Å². The summed E-state index contributed by atoms with van der Waals surface area (Å²) in [5, 5.41) is 5.82. The standard InChI is InChI=1S/C23H27FN4O4/c1-14-10-18-21(25-11-14)28(12-19(29)26-18)22(30)27-20(16-8-9-31-13-16)15-4-6-17(7-5-15)32-23(2,3)24/h4-7,10-11,16,20H,8-9,12-13H2,1-3H3,(H,26,29)(H,27,30). The summed E-state index contributed by atoms with van der Waals surface area (Å²) in [4.78, 5) is 31.2. The molecule has 0 saturated carbocycles. The van der Waals surface area contributed by atoms with Gasteiger partial charge in [0.25, 0.3) is 0 Å². The molecule has 0 aliphatic carbocycles. The highest BCUT2D eigenvalue weighted by molar-refractivity contribution is 6.08. The maximum Gasteiger partial charge on any atom is 0.324 e. The van der Waals surface area contributed by atoms with Gasteiger partial charge in [0.15, 0.2) is 5.82 Å². The molecule has 170 valence electrons. The first-order valence-electron chi connectivity index (χ1n) is 10.6. The van der Waals surface area contributed by atoms with Crippen LogP contribution in [0, 0.1) is 12.8 Å². The Morgan fingerprint density at radius 2 is 2.12 bits per heavy atom. The van der Waals surface area contributed by atoms with Crippen molar-refractivity contribution in [3.63, 3.8) is 0 Å². The lowest BCUT2D eigenvalue weighted by atomic mass is 9.92. The minimum Gasteiger partial charge on any atom is -0.459 e. The molecule has 2 atom stereocenters. The molecule has 1 saturated heterocycles. The zero-order valence-corrected chi connectivity index (χ0v) is 18.4.